The molecule has 0 atom stereocenters. The van der Waals surface area contributed by atoms with Gasteiger partial charge in [0.05, 0.1) is 11.0 Å². The third kappa shape index (κ3) is 0.887. The van der Waals surface area contributed by atoms with Crippen LogP contribution in [0.15, 0.2) is 33.8 Å². The lowest BCUT2D eigenvalue weighted by Crippen LogP contribution is -2.12. The van der Waals surface area contributed by atoms with E-state index < -0.39 is 5.63 Å². The Balaban J connectivity index is 2.75. The maximum absolute atomic E-state index is 11.1. The second kappa shape index (κ2) is 2.41. The Morgan fingerprint density at radius 3 is 3.08 bits per heavy atom. The van der Waals surface area contributed by atoms with Crippen LogP contribution in [0.4, 0.5) is 5.69 Å². The van der Waals surface area contributed by atoms with E-state index in [2.05, 4.69) is 4.42 Å². The van der Waals surface area contributed by atoms with Crippen molar-refractivity contribution in [2.24, 2.45) is 0 Å². The summed E-state index contributed by atoms with van der Waals surface area (Å²) in [7, 11) is 0. The minimum Gasteiger partial charge on any atom is -0.426 e. The Morgan fingerprint density at radius 2 is 2.33 bits per heavy atom. The van der Waals surface area contributed by atoms with Gasteiger partial charge in [0.25, 0.3) is 0 Å². The first-order valence-corrected chi connectivity index (χ1v) is 3.53. The van der Waals surface area contributed by atoms with Gasteiger partial charge >= 0.3 is 11.3 Å². The highest BCUT2D eigenvalue weighted by Gasteiger charge is 2.25. The lowest BCUT2D eigenvalue weighted by atomic mass is 10.1. The molecule has 60 valence electrons. The van der Waals surface area contributed by atoms with E-state index in [1.807, 2.05) is 0 Å². The maximum atomic E-state index is 11.1. The molecular weight excluding hydrogens is 158 g/mol. The van der Waals surface area contributed by atoms with Crippen LogP contribution < -0.4 is 5.63 Å². The molecule has 12 heavy (non-hydrogen) atoms. The molecule has 0 unspecified atom stereocenters. The minimum absolute atomic E-state index is 0.0972. The predicted octanol–water partition coefficient (Wildman–Crippen LogP) is 1.12. The highest BCUT2D eigenvalue weighted by Crippen LogP contribution is 2.18. The Kier molecular flexibility index (Phi) is 1.40. The summed E-state index contributed by atoms with van der Waals surface area (Å²) >= 11 is 0. The third-order valence-electron chi connectivity index (χ3n) is 1.74. The number of nitrogens with zero attached hydrogens (tertiary/aromatic N) is 1. The molecule has 1 aliphatic heterocycles. The van der Waals surface area contributed by atoms with E-state index in [1.54, 1.807) is 12.1 Å². The van der Waals surface area contributed by atoms with Crippen molar-refractivity contribution in [3.05, 3.63) is 45.5 Å². The zero-order chi connectivity index (χ0) is 8.55. The average molecular weight is 164 g/mol. The second-order valence-electron chi connectivity index (χ2n) is 2.50. The van der Waals surface area contributed by atoms with Crippen LogP contribution in [0, 0.1) is 4.91 Å². The molecule has 0 N–H and O–H groups in total. The summed E-state index contributed by atoms with van der Waals surface area (Å²) in [6.45, 7) is 0. The topological polar surface area (TPSA) is 50.3 Å². The first kappa shape index (κ1) is 6.97. The Bertz CT molecular complexity index is 417. The van der Waals surface area contributed by atoms with E-state index in [0.717, 1.165) is 0 Å². The SMILES string of the molecule is O=c1occc2c1[N+](=O)C=CC2. The van der Waals surface area contributed by atoms with Crippen LogP contribution in [0.3, 0.4) is 0 Å². The molecule has 0 radical (unpaired) electrons. The molecule has 1 aromatic heterocycles. The molecule has 1 aliphatic rings. The van der Waals surface area contributed by atoms with E-state index in [0.29, 0.717) is 16.7 Å². The average Bonchev–Trinajstić information content (AvgIpc) is 2.04. The van der Waals surface area contributed by atoms with E-state index in [9.17, 15) is 9.70 Å². The Morgan fingerprint density at radius 1 is 1.50 bits per heavy atom. The van der Waals surface area contributed by atoms with Gasteiger partial charge in [-0.1, -0.05) is 0 Å². The van der Waals surface area contributed by atoms with Crippen molar-refractivity contribution < 1.29 is 9.18 Å². The summed E-state index contributed by atoms with van der Waals surface area (Å²) in [6.07, 6.45) is 4.93. The quantitative estimate of drug-likeness (QED) is 0.540. The molecule has 0 fully saturated rings. The first-order valence-electron chi connectivity index (χ1n) is 3.53. The van der Waals surface area contributed by atoms with Gasteiger partial charge in [0.15, 0.2) is 0 Å². The van der Waals surface area contributed by atoms with Gasteiger partial charge in [0.1, 0.15) is 0 Å². The fourth-order valence-electron chi connectivity index (χ4n) is 1.19. The molecular formula is C8H6NO3+. The summed E-state index contributed by atoms with van der Waals surface area (Å²) in [6, 6.07) is 1.63. The van der Waals surface area contributed by atoms with Crippen molar-refractivity contribution in [2.45, 2.75) is 6.42 Å². The van der Waals surface area contributed by atoms with Gasteiger partial charge < -0.3 is 4.42 Å². The van der Waals surface area contributed by atoms with Crippen LogP contribution in [-0.2, 0) is 6.42 Å². The molecule has 2 rings (SSSR count). The van der Waals surface area contributed by atoms with Crippen molar-refractivity contribution in [1.29, 1.82) is 0 Å². The number of nitroso groups, excluding NO2 is 1. The predicted molar refractivity (Wildman–Crippen MR) is 41.1 cm³/mol. The van der Waals surface area contributed by atoms with Crippen molar-refractivity contribution >= 4 is 5.69 Å². The second-order valence-corrected chi connectivity index (χ2v) is 2.50. The molecule has 0 amide bonds. The monoisotopic (exact) mass is 164 g/mol. The fraction of sp³-hybridized carbons (Fsp3) is 0.125. The Hall–Kier alpha value is -1.71. The first-order chi connectivity index (χ1) is 5.79. The number of fused-ring (bicyclic) bond motifs is 1. The van der Waals surface area contributed by atoms with E-state index in [1.165, 1.54) is 12.5 Å². The van der Waals surface area contributed by atoms with Crippen LogP contribution in [-0.4, -0.2) is 4.76 Å². The largest absolute Gasteiger partial charge is 0.426 e. The van der Waals surface area contributed by atoms with Gasteiger partial charge in [0.2, 0.25) is 6.20 Å². The van der Waals surface area contributed by atoms with Crippen LogP contribution >= 0.6 is 0 Å². The van der Waals surface area contributed by atoms with Gasteiger partial charge in [-0.15, -0.1) is 0 Å². The lowest BCUT2D eigenvalue weighted by Gasteiger charge is -1.98. The van der Waals surface area contributed by atoms with Crippen molar-refractivity contribution in [3.8, 4) is 0 Å². The van der Waals surface area contributed by atoms with Gasteiger partial charge in [0, 0.05) is 16.9 Å². The summed E-state index contributed by atoms with van der Waals surface area (Å²) in [4.78, 5) is 22.1. The van der Waals surface area contributed by atoms with Gasteiger partial charge in [-0.05, 0) is 12.1 Å². The van der Waals surface area contributed by atoms with Crippen molar-refractivity contribution in [3.63, 3.8) is 0 Å². The molecule has 4 heteroatoms. The zero-order valence-corrected chi connectivity index (χ0v) is 6.19. The highest BCUT2D eigenvalue weighted by atomic mass is 16.4. The van der Waals surface area contributed by atoms with E-state index >= 15 is 0 Å². The summed E-state index contributed by atoms with van der Waals surface area (Å²) in [5.74, 6) is 0. The van der Waals surface area contributed by atoms with Crippen LogP contribution in [0.1, 0.15) is 5.56 Å². The van der Waals surface area contributed by atoms with Crippen molar-refractivity contribution in [2.75, 3.05) is 0 Å². The molecule has 0 spiro atoms. The zero-order valence-electron chi connectivity index (χ0n) is 6.19. The van der Waals surface area contributed by atoms with Gasteiger partial charge in [-0.2, -0.15) is 0 Å². The molecule has 0 aromatic carbocycles. The maximum Gasteiger partial charge on any atom is 0.413 e. The molecule has 1 aromatic rings. The molecule has 0 saturated heterocycles. The number of rotatable bonds is 0. The van der Waals surface area contributed by atoms with Crippen LogP contribution in [0.5, 0.6) is 0 Å². The van der Waals surface area contributed by atoms with Crippen LogP contribution in [0.25, 0.3) is 0 Å². The number of hydrogen-bond acceptors (Lipinski definition) is 3. The number of hydrogen-bond donors (Lipinski definition) is 0. The van der Waals surface area contributed by atoms with Gasteiger partial charge in [-0.25, -0.2) is 4.79 Å². The summed E-state index contributed by atoms with van der Waals surface area (Å²) in [5.41, 5.74) is 0.232. The van der Waals surface area contributed by atoms with Crippen molar-refractivity contribution in [1.82, 2.24) is 0 Å². The molecule has 4 nitrogen and oxygen atoms in total. The highest BCUT2D eigenvalue weighted by molar-refractivity contribution is 5.38. The normalized spacial score (nSPS) is 14.5. The van der Waals surface area contributed by atoms with E-state index in [4.69, 9.17) is 0 Å². The molecule has 0 saturated carbocycles. The van der Waals surface area contributed by atoms with E-state index in [-0.39, 0.29) is 5.69 Å². The number of allylic oxidation sites excluding steroid dienone is 1. The third-order valence-corrected chi connectivity index (χ3v) is 1.74. The standard InChI is InChI=1S/C8H6NO3/c10-8-7-6(3-5-12-8)2-1-4-9(7)11/h1,3-5H,2H2/q+1. The van der Waals surface area contributed by atoms with Crippen LogP contribution in [0.2, 0.25) is 0 Å². The Labute approximate surface area is 67.7 Å². The molecule has 0 bridgehead atoms. The molecule has 0 aliphatic carbocycles. The van der Waals surface area contributed by atoms with Gasteiger partial charge in [-0.3, -0.25) is 0 Å². The molecule has 2 heterocycles. The lowest BCUT2D eigenvalue weighted by molar-refractivity contribution is -0.389. The summed E-state index contributed by atoms with van der Waals surface area (Å²) < 4.78 is 5.10. The summed E-state index contributed by atoms with van der Waals surface area (Å²) in [5, 5.41) is 0. The fourth-order valence-corrected chi connectivity index (χ4v) is 1.19. The minimum atomic E-state index is -0.577. The smallest absolute Gasteiger partial charge is 0.413 e.